The monoisotopic (exact) mass is 481 g/mol. The predicted molar refractivity (Wildman–Crippen MR) is 144 cm³/mol. The molecule has 0 fully saturated rings. The molecule has 0 unspecified atom stereocenters. The zero-order chi connectivity index (χ0) is 25.3. The molecule has 1 aromatic heterocycles. The van der Waals surface area contributed by atoms with Gasteiger partial charge in [0.2, 0.25) is 5.91 Å². The van der Waals surface area contributed by atoms with Crippen molar-refractivity contribution in [2.45, 2.75) is 26.7 Å². The first-order valence-electron chi connectivity index (χ1n) is 12.2. The highest BCUT2D eigenvalue weighted by atomic mass is 16.2. The van der Waals surface area contributed by atoms with Crippen LogP contribution >= 0.6 is 0 Å². The summed E-state index contributed by atoms with van der Waals surface area (Å²) in [6, 6.07) is 28.6. The summed E-state index contributed by atoms with van der Waals surface area (Å²) in [5.74, 6) is 0.254. The molecule has 2 N–H and O–H groups in total. The number of anilines is 2. The molecule has 0 spiro atoms. The first-order chi connectivity index (χ1) is 17.5. The molecule has 0 aliphatic carbocycles. The van der Waals surface area contributed by atoms with Crippen LogP contribution in [0.1, 0.15) is 25.3 Å². The van der Waals surface area contributed by atoms with E-state index in [0.29, 0.717) is 18.1 Å². The van der Waals surface area contributed by atoms with Crippen molar-refractivity contribution in [3.63, 3.8) is 0 Å². The number of hydrogen-bond acceptors (Lipinski definition) is 3. The number of urea groups is 1. The van der Waals surface area contributed by atoms with E-state index in [1.807, 2.05) is 97.9 Å². The quantitative estimate of drug-likeness (QED) is 0.302. The molecule has 4 rings (SSSR count). The highest BCUT2D eigenvalue weighted by Gasteiger charge is 2.19. The van der Waals surface area contributed by atoms with Crippen molar-refractivity contribution in [2.75, 3.05) is 23.7 Å². The molecule has 0 bridgehead atoms. The summed E-state index contributed by atoms with van der Waals surface area (Å²) in [5, 5.41) is 10.6. The number of nitrogens with one attached hydrogen (secondary N) is 2. The SMILES string of the molecule is CCCCN(CC(=O)Nc1cc(-c2ccccc2)nn1-c1ccc(C)cc1)C(=O)Nc1ccccc1. The number of hydrogen-bond donors (Lipinski definition) is 2. The van der Waals surface area contributed by atoms with Gasteiger partial charge in [-0.15, -0.1) is 0 Å². The Kier molecular flexibility index (Phi) is 8.13. The van der Waals surface area contributed by atoms with Gasteiger partial charge in [-0.25, -0.2) is 9.48 Å². The van der Waals surface area contributed by atoms with Gasteiger partial charge in [-0.3, -0.25) is 4.79 Å². The van der Waals surface area contributed by atoms with Gasteiger partial charge in [0.15, 0.2) is 0 Å². The highest BCUT2D eigenvalue weighted by Crippen LogP contribution is 2.25. The van der Waals surface area contributed by atoms with Crippen LogP contribution in [0.15, 0.2) is 91.0 Å². The van der Waals surface area contributed by atoms with Crippen LogP contribution < -0.4 is 10.6 Å². The van der Waals surface area contributed by atoms with Gasteiger partial charge < -0.3 is 15.5 Å². The molecule has 3 amide bonds. The molecule has 0 aliphatic heterocycles. The number of amides is 3. The fourth-order valence-corrected chi connectivity index (χ4v) is 3.78. The lowest BCUT2D eigenvalue weighted by Crippen LogP contribution is -2.41. The van der Waals surface area contributed by atoms with Crippen molar-refractivity contribution in [3.8, 4) is 16.9 Å². The number of aromatic nitrogens is 2. The van der Waals surface area contributed by atoms with Gasteiger partial charge in [0.25, 0.3) is 0 Å². The smallest absolute Gasteiger partial charge is 0.315 e. The van der Waals surface area contributed by atoms with E-state index in [1.54, 1.807) is 4.68 Å². The Labute approximate surface area is 211 Å². The number of carbonyl (C=O) groups excluding carboxylic acids is 2. The maximum Gasteiger partial charge on any atom is 0.322 e. The van der Waals surface area contributed by atoms with Crippen molar-refractivity contribution in [3.05, 3.63) is 96.6 Å². The second-order valence-electron chi connectivity index (χ2n) is 8.65. The molecule has 3 aromatic carbocycles. The maximum absolute atomic E-state index is 13.2. The van der Waals surface area contributed by atoms with Gasteiger partial charge in [0, 0.05) is 23.9 Å². The first-order valence-corrected chi connectivity index (χ1v) is 12.2. The Morgan fingerprint density at radius 3 is 2.22 bits per heavy atom. The summed E-state index contributed by atoms with van der Waals surface area (Å²) in [4.78, 5) is 27.6. The zero-order valence-electron chi connectivity index (χ0n) is 20.6. The van der Waals surface area contributed by atoms with Crippen LogP contribution in [0.4, 0.5) is 16.3 Å². The first kappa shape index (κ1) is 24.7. The molecule has 0 radical (unpaired) electrons. The second kappa shape index (κ2) is 11.8. The minimum absolute atomic E-state index is 0.0710. The van der Waals surface area contributed by atoms with Crippen molar-refractivity contribution >= 4 is 23.4 Å². The molecule has 7 heteroatoms. The molecule has 36 heavy (non-hydrogen) atoms. The number of para-hydroxylation sites is 1. The number of aryl methyl sites for hydroxylation is 1. The standard InChI is InChI=1S/C29H31N5O2/c1-3-4-19-33(29(36)30-24-13-9-6-10-14-24)21-28(35)31-27-20-26(23-11-7-5-8-12-23)32-34(27)25-17-15-22(2)16-18-25/h5-18,20H,3-4,19,21H2,1-2H3,(H,30,36)(H,31,35). The molecule has 4 aromatic rings. The molecule has 0 saturated heterocycles. The lowest BCUT2D eigenvalue weighted by atomic mass is 10.1. The van der Waals surface area contributed by atoms with E-state index in [2.05, 4.69) is 17.6 Å². The van der Waals surface area contributed by atoms with Gasteiger partial charge in [0.05, 0.1) is 11.4 Å². The Bertz CT molecular complexity index is 1280. The van der Waals surface area contributed by atoms with Gasteiger partial charge >= 0.3 is 6.03 Å². The van der Waals surface area contributed by atoms with Crippen molar-refractivity contribution in [1.29, 1.82) is 0 Å². The van der Waals surface area contributed by atoms with E-state index in [1.165, 1.54) is 4.90 Å². The van der Waals surface area contributed by atoms with Crippen LogP contribution in [0.2, 0.25) is 0 Å². The molecule has 0 saturated carbocycles. The van der Waals surface area contributed by atoms with E-state index in [0.717, 1.165) is 35.3 Å². The molecule has 184 valence electrons. The predicted octanol–water partition coefficient (Wildman–Crippen LogP) is 6.12. The van der Waals surface area contributed by atoms with E-state index >= 15 is 0 Å². The third-order valence-electron chi connectivity index (χ3n) is 5.75. The van der Waals surface area contributed by atoms with Crippen LogP contribution in [-0.4, -0.2) is 39.7 Å². The van der Waals surface area contributed by atoms with E-state index in [4.69, 9.17) is 5.10 Å². The summed E-state index contributed by atoms with van der Waals surface area (Å²) in [6.45, 7) is 4.49. The summed E-state index contributed by atoms with van der Waals surface area (Å²) in [5.41, 5.74) is 4.36. The van der Waals surface area contributed by atoms with Crippen LogP contribution in [-0.2, 0) is 4.79 Å². The van der Waals surface area contributed by atoms with Crippen LogP contribution in [0.5, 0.6) is 0 Å². The average Bonchev–Trinajstić information content (AvgIpc) is 3.31. The summed E-state index contributed by atoms with van der Waals surface area (Å²) in [7, 11) is 0. The molecule has 1 heterocycles. The zero-order valence-corrected chi connectivity index (χ0v) is 20.6. The van der Waals surface area contributed by atoms with Gasteiger partial charge in [0.1, 0.15) is 12.4 Å². The van der Waals surface area contributed by atoms with Crippen LogP contribution in [0.25, 0.3) is 16.9 Å². The molecule has 7 nitrogen and oxygen atoms in total. The maximum atomic E-state index is 13.2. The number of nitrogens with zero attached hydrogens (tertiary/aromatic N) is 3. The van der Waals surface area contributed by atoms with E-state index in [-0.39, 0.29) is 18.5 Å². The Morgan fingerprint density at radius 2 is 1.56 bits per heavy atom. The third kappa shape index (κ3) is 6.39. The average molecular weight is 482 g/mol. The molecular formula is C29H31N5O2. The van der Waals surface area contributed by atoms with Crippen LogP contribution in [0, 0.1) is 6.92 Å². The topological polar surface area (TPSA) is 79.3 Å². The number of benzene rings is 3. The fraction of sp³-hybridized carbons (Fsp3) is 0.207. The third-order valence-corrected chi connectivity index (χ3v) is 5.75. The Balaban J connectivity index is 1.55. The van der Waals surface area contributed by atoms with Crippen LogP contribution in [0.3, 0.4) is 0 Å². The Morgan fingerprint density at radius 1 is 0.889 bits per heavy atom. The van der Waals surface area contributed by atoms with Crippen molar-refractivity contribution in [1.82, 2.24) is 14.7 Å². The molecule has 0 aliphatic rings. The summed E-state index contributed by atoms with van der Waals surface area (Å²) >= 11 is 0. The largest absolute Gasteiger partial charge is 0.322 e. The highest BCUT2D eigenvalue weighted by molar-refractivity contribution is 5.97. The fourth-order valence-electron chi connectivity index (χ4n) is 3.78. The van der Waals surface area contributed by atoms with Crippen molar-refractivity contribution in [2.24, 2.45) is 0 Å². The van der Waals surface area contributed by atoms with Gasteiger partial charge in [-0.1, -0.05) is 79.6 Å². The minimum Gasteiger partial charge on any atom is -0.315 e. The number of unbranched alkanes of at least 4 members (excludes halogenated alkanes) is 1. The lowest BCUT2D eigenvalue weighted by molar-refractivity contribution is -0.116. The van der Waals surface area contributed by atoms with E-state index in [9.17, 15) is 9.59 Å². The van der Waals surface area contributed by atoms with Gasteiger partial charge in [-0.2, -0.15) is 5.10 Å². The lowest BCUT2D eigenvalue weighted by Gasteiger charge is -2.22. The summed E-state index contributed by atoms with van der Waals surface area (Å²) < 4.78 is 1.72. The van der Waals surface area contributed by atoms with E-state index < -0.39 is 0 Å². The summed E-state index contributed by atoms with van der Waals surface area (Å²) in [6.07, 6.45) is 1.71. The number of rotatable bonds is 9. The Hall–Kier alpha value is -4.39. The molecule has 0 atom stereocenters. The normalized spacial score (nSPS) is 10.6. The minimum atomic E-state index is -0.304. The molecular weight excluding hydrogens is 450 g/mol. The van der Waals surface area contributed by atoms with Crippen molar-refractivity contribution < 1.29 is 9.59 Å². The second-order valence-corrected chi connectivity index (χ2v) is 8.65. The van der Waals surface area contributed by atoms with Gasteiger partial charge in [-0.05, 0) is 37.6 Å². The number of carbonyl (C=O) groups is 2.